The van der Waals surface area contributed by atoms with Crippen molar-refractivity contribution < 1.29 is 18.6 Å². The van der Waals surface area contributed by atoms with Crippen molar-refractivity contribution in [1.82, 2.24) is 19.5 Å². The van der Waals surface area contributed by atoms with Crippen LogP contribution in [-0.2, 0) is 4.74 Å². The lowest BCUT2D eigenvalue weighted by atomic mass is 10.2. The van der Waals surface area contributed by atoms with Gasteiger partial charge in [-0.2, -0.15) is 14.4 Å². The molecule has 1 fully saturated rings. The lowest BCUT2D eigenvalue weighted by molar-refractivity contribution is -0.0351. The Bertz CT molecular complexity index is 619. The van der Waals surface area contributed by atoms with Crippen LogP contribution in [-0.4, -0.2) is 43.5 Å². The van der Waals surface area contributed by atoms with Gasteiger partial charge in [-0.25, -0.2) is 9.37 Å². The van der Waals surface area contributed by atoms with Crippen LogP contribution in [0.25, 0.3) is 11.2 Å². The Hall–Kier alpha value is -1.87. The van der Waals surface area contributed by atoms with E-state index in [1.165, 1.54) is 10.9 Å². The van der Waals surface area contributed by atoms with Crippen molar-refractivity contribution in [3.63, 3.8) is 0 Å². The SMILES string of the molecule is Nc1nc(F)nc2c1ncn2[C@@H]1O[C@H](CO)C[C@@H]1F. The maximum Gasteiger partial charge on any atom is 0.312 e. The molecule has 0 aliphatic carbocycles. The quantitative estimate of drug-likeness (QED) is 0.755. The number of alkyl halides is 1. The van der Waals surface area contributed by atoms with E-state index in [4.69, 9.17) is 15.6 Å². The number of nitrogen functional groups attached to an aromatic ring is 1. The molecule has 3 heterocycles. The fraction of sp³-hybridized carbons (Fsp3) is 0.500. The van der Waals surface area contributed by atoms with Gasteiger partial charge in [-0.05, 0) is 0 Å². The Morgan fingerprint density at radius 2 is 2.32 bits per heavy atom. The summed E-state index contributed by atoms with van der Waals surface area (Å²) in [5, 5.41) is 8.98. The number of imidazole rings is 1. The number of hydrogen-bond donors (Lipinski definition) is 2. The van der Waals surface area contributed by atoms with Gasteiger partial charge in [0.05, 0.1) is 19.0 Å². The van der Waals surface area contributed by atoms with E-state index in [9.17, 15) is 8.78 Å². The highest BCUT2D eigenvalue weighted by Crippen LogP contribution is 2.33. The van der Waals surface area contributed by atoms with E-state index in [-0.39, 0.29) is 30.0 Å². The highest BCUT2D eigenvalue weighted by Gasteiger charge is 2.37. The van der Waals surface area contributed by atoms with Crippen molar-refractivity contribution in [1.29, 1.82) is 0 Å². The molecule has 0 spiro atoms. The first-order chi connectivity index (χ1) is 9.10. The predicted octanol–water partition coefficient (Wildman–Crippen LogP) is 0.165. The number of aromatic nitrogens is 4. The van der Waals surface area contributed by atoms with Gasteiger partial charge < -0.3 is 15.6 Å². The number of nitrogens with zero attached hydrogens (tertiary/aromatic N) is 4. The Morgan fingerprint density at radius 3 is 3.00 bits per heavy atom. The largest absolute Gasteiger partial charge is 0.394 e. The Kier molecular flexibility index (Phi) is 2.79. The van der Waals surface area contributed by atoms with Gasteiger partial charge in [0, 0.05) is 6.42 Å². The number of anilines is 1. The zero-order chi connectivity index (χ0) is 13.6. The molecular weight excluding hydrogens is 260 g/mol. The van der Waals surface area contributed by atoms with E-state index in [0.29, 0.717) is 0 Å². The molecule has 0 radical (unpaired) electrons. The first-order valence-corrected chi connectivity index (χ1v) is 5.66. The van der Waals surface area contributed by atoms with Crippen molar-refractivity contribution in [2.45, 2.75) is 24.9 Å². The molecule has 3 N–H and O–H groups in total. The van der Waals surface area contributed by atoms with E-state index in [0.717, 1.165) is 0 Å². The van der Waals surface area contributed by atoms with Crippen LogP contribution in [0, 0.1) is 6.08 Å². The number of nitrogens with two attached hydrogens (primary N) is 1. The van der Waals surface area contributed by atoms with E-state index in [1.807, 2.05) is 0 Å². The summed E-state index contributed by atoms with van der Waals surface area (Å²) in [6.07, 6.45) is -2.62. The smallest absolute Gasteiger partial charge is 0.312 e. The molecule has 0 aromatic carbocycles. The van der Waals surface area contributed by atoms with E-state index >= 15 is 0 Å². The molecule has 102 valence electrons. The number of aliphatic hydroxyl groups is 1. The summed E-state index contributed by atoms with van der Waals surface area (Å²) in [4.78, 5) is 10.8. The molecule has 0 amide bonds. The summed E-state index contributed by atoms with van der Waals surface area (Å²) in [6.45, 7) is -0.283. The third-order valence-electron chi connectivity index (χ3n) is 3.03. The van der Waals surface area contributed by atoms with Crippen LogP contribution >= 0.6 is 0 Å². The first kappa shape index (κ1) is 12.2. The van der Waals surface area contributed by atoms with Gasteiger partial charge in [-0.1, -0.05) is 0 Å². The molecular formula is C10H11F2N5O2. The van der Waals surface area contributed by atoms with Crippen molar-refractivity contribution in [2.75, 3.05) is 12.3 Å². The zero-order valence-corrected chi connectivity index (χ0v) is 9.70. The lowest BCUT2D eigenvalue weighted by Gasteiger charge is -2.15. The topological polar surface area (TPSA) is 99.1 Å². The third-order valence-corrected chi connectivity index (χ3v) is 3.03. The molecule has 1 saturated heterocycles. The summed E-state index contributed by atoms with van der Waals surface area (Å²) in [7, 11) is 0. The van der Waals surface area contributed by atoms with Crippen LogP contribution in [0.3, 0.4) is 0 Å². The van der Waals surface area contributed by atoms with Crippen LogP contribution in [0.4, 0.5) is 14.6 Å². The normalized spacial score (nSPS) is 27.2. The highest BCUT2D eigenvalue weighted by atomic mass is 19.1. The predicted molar refractivity (Wildman–Crippen MR) is 60.2 cm³/mol. The minimum atomic E-state index is -1.34. The van der Waals surface area contributed by atoms with Gasteiger partial charge in [0.25, 0.3) is 0 Å². The van der Waals surface area contributed by atoms with Crippen LogP contribution in [0.15, 0.2) is 6.33 Å². The Balaban J connectivity index is 2.06. The molecule has 0 bridgehead atoms. The Morgan fingerprint density at radius 1 is 1.53 bits per heavy atom. The fourth-order valence-corrected chi connectivity index (χ4v) is 2.16. The van der Waals surface area contributed by atoms with E-state index < -0.39 is 24.6 Å². The van der Waals surface area contributed by atoms with E-state index in [2.05, 4.69) is 15.0 Å². The molecule has 2 aromatic rings. The van der Waals surface area contributed by atoms with Gasteiger partial charge >= 0.3 is 6.08 Å². The lowest BCUT2D eigenvalue weighted by Crippen LogP contribution is -2.17. The summed E-state index contributed by atoms with van der Waals surface area (Å²) >= 11 is 0. The van der Waals surface area contributed by atoms with Crippen molar-refractivity contribution in [3.8, 4) is 0 Å². The molecule has 1 aliphatic heterocycles. The standard InChI is InChI=1S/C10H11F2N5O2/c11-5-1-4(2-18)19-9(5)17-3-14-6-7(13)15-10(12)16-8(6)17/h3-5,9,18H,1-2H2,(H2,13,15,16)/t4-,5-,9+/m0/s1. The molecule has 1 aliphatic rings. The first-order valence-electron chi connectivity index (χ1n) is 5.66. The van der Waals surface area contributed by atoms with Gasteiger partial charge in [0.2, 0.25) is 0 Å². The number of fused-ring (bicyclic) bond motifs is 1. The molecule has 3 atom stereocenters. The van der Waals surface area contributed by atoms with Crippen LogP contribution in [0.2, 0.25) is 0 Å². The summed E-state index contributed by atoms with van der Waals surface area (Å²) in [5.41, 5.74) is 5.77. The van der Waals surface area contributed by atoms with Gasteiger partial charge in [0.1, 0.15) is 6.17 Å². The Labute approximate surface area is 106 Å². The second-order valence-corrected chi connectivity index (χ2v) is 4.28. The summed E-state index contributed by atoms with van der Waals surface area (Å²) < 4.78 is 33.6. The monoisotopic (exact) mass is 271 g/mol. The van der Waals surface area contributed by atoms with Gasteiger partial charge in [0.15, 0.2) is 23.2 Å². The minimum Gasteiger partial charge on any atom is -0.394 e. The number of aliphatic hydroxyl groups excluding tert-OH is 1. The number of ether oxygens (including phenoxy) is 1. The molecule has 0 unspecified atom stereocenters. The summed E-state index contributed by atoms with van der Waals surface area (Å²) in [6, 6.07) is 0. The van der Waals surface area contributed by atoms with Gasteiger partial charge in [-0.3, -0.25) is 4.57 Å². The highest BCUT2D eigenvalue weighted by molar-refractivity contribution is 5.81. The van der Waals surface area contributed by atoms with E-state index in [1.54, 1.807) is 0 Å². The number of halogens is 2. The molecule has 3 rings (SSSR count). The molecule has 9 heteroatoms. The second-order valence-electron chi connectivity index (χ2n) is 4.28. The second kappa shape index (κ2) is 4.35. The van der Waals surface area contributed by atoms with Crippen LogP contribution < -0.4 is 5.73 Å². The number of rotatable bonds is 2. The maximum atomic E-state index is 13.9. The minimum absolute atomic E-state index is 0.0594. The van der Waals surface area contributed by atoms with Crippen LogP contribution in [0.5, 0.6) is 0 Å². The maximum absolute atomic E-state index is 13.9. The van der Waals surface area contributed by atoms with Gasteiger partial charge in [-0.15, -0.1) is 0 Å². The van der Waals surface area contributed by atoms with Crippen LogP contribution in [0.1, 0.15) is 12.6 Å². The molecule has 19 heavy (non-hydrogen) atoms. The third kappa shape index (κ3) is 1.90. The average Bonchev–Trinajstić information content (AvgIpc) is 2.92. The van der Waals surface area contributed by atoms with Crippen molar-refractivity contribution >= 4 is 17.0 Å². The van der Waals surface area contributed by atoms with Crippen molar-refractivity contribution in [2.24, 2.45) is 0 Å². The van der Waals surface area contributed by atoms with Crippen molar-refractivity contribution in [3.05, 3.63) is 12.4 Å². The number of hydrogen-bond acceptors (Lipinski definition) is 6. The zero-order valence-electron chi connectivity index (χ0n) is 9.70. The average molecular weight is 271 g/mol. The molecule has 7 nitrogen and oxygen atoms in total. The molecule has 0 saturated carbocycles. The summed E-state index contributed by atoms with van der Waals surface area (Å²) in [5.74, 6) is -0.117. The molecule has 2 aromatic heterocycles. The fourth-order valence-electron chi connectivity index (χ4n) is 2.16.